The fourth-order valence-electron chi connectivity index (χ4n) is 2.48. The summed E-state index contributed by atoms with van der Waals surface area (Å²) in [7, 11) is 0. The molecule has 0 atom stereocenters. The van der Waals surface area contributed by atoms with Crippen molar-refractivity contribution in [2.24, 2.45) is 0 Å². The second-order valence-electron chi connectivity index (χ2n) is 7.11. The van der Waals surface area contributed by atoms with Crippen LogP contribution in [-0.4, -0.2) is 48.9 Å². The topological polar surface area (TPSA) is 42.0 Å². The molecule has 0 aliphatic carbocycles. The van der Waals surface area contributed by atoms with E-state index in [-0.39, 0.29) is 12.2 Å². The SMILES string of the molecule is CC(C)Oc1ccc(N2CCN(C(=O)OC(C)(C)C)CC2)cc1. The monoisotopic (exact) mass is 320 g/mol. The molecule has 0 aromatic heterocycles. The fourth-order valence-corrected chi connectivity index (χ4v) is 2.48. The van der Waals surface area contributed by atoms with Gasteiger partial charge in [0.25, 0.3) is 0 Å². The van der Waals surface area contributed by atoms with E-state index in [0.29, 0.717) is 13.1 Å². The first-order valence-electron chi connectivity index (χ1n) is 8.24. The second-order valence-corrected chi connectivity index (χ2v) is 7.11. The largest absolute Gasteiger partial charge is 0.491 e. The van der Waals surface area contributed by atoms with Crippen molar-refractivity contribution in [2.75, 3.05) is 31.1 Å². The molecule has 1 amide bonds. The molecule has 0 saturated carbocycles. The minimum atomic E-state index is -0.444. The van der Waals surface area contributed by atoms with Gasteiger partial charge in [-0.15, -0.1) is 0 Å². The molecule has 0 N–H and O–H groups in total. The molecule has 0 radical (unpaired) electrons. The number of rotatable bonds is 3. The van der Waals surface area contributed by atoms with Gasteiger partial charge in [-0.1, -0.05) is 0 Å². The van der Waals surface area contributed by atoms with E-state index >= 15 is 0 Å². The smallest absolute Gasteiger partial charge is 0.410 e. The van der Waals surface area contributed by atoms with Crippen molar-refractivity contribution in [3.63, 3.8) is 0 Å². The van der Waals surface area contributed by atoms with E-state index in [0.717, 1.165) is 24.5 Å². The highest BCUT2D eigenvalue weighted by molar-refractivity contribution is 5.68. The van der Waals surface area contributed by atoms with Gasteiger partial charge in [0.1, 0.15) is 11.4 Å². The molecular weight excluding hydrogens is 292 g/mol. The number of amides is 1. The van der Waals surface area contributed by atoms with E-state index in [9.17, 15) is 4.79 Å². The van der Waals surface area contributed by atoms with Crippen LogP contribution in [0.1, 0.15) is 34.6 Å². The summed E-state index contributed by atoms with van der Waals surface area (Å²) in [5.41, 5.74) is 0.713. The quantitative estimate of drug-likeness (QED) is 0.854. The van der Waals surface area contributed by atoms with Gasteiger partial charge in [-0.05, 0) is 58.9 Å². The first-order chi connectivity index (χ1) is 10.7. The van der Waals surface area contributed by atoms with Crippen molar-refractivity contribution in [3.05, 3.63) is 24.3 Å². The Labute approximate surface area is 139 Å². The Hall–Kier alpha value is -1.91. The van der Waals surface area contributed by atoms with E-state index < -0.39 is 5.60 Å². The van der Waals surface area contributed by atoms with E-state index in [2.05, 4.69) is 17.0 Å². The summed E-state index contributed by atoms with van der Waals surface area (Å²) in [6.07, 6.45) is -0.0453. The van der Waals surface area contributed by atoms with Gasteiger partial charge in [-0.3, -0.25) is 0 Å². The third-order valence-corrected chi connectivity index (χ3v) is 3.51. The average molecular weight is 320 g/mol. The molecule has 128 valence electrons. The molecule has 1 saturated heterocycles. The summed E-state index contributed by atoms with van der Waals surface area (Å²) in [6.45, 7) is 12.7. The van der Waals surface area contributed by atoms with Crippen molar-refractivity contribution in [2.45, 2.75) is 46.3 Å². The number of hydrogen-bond donors (Lipinski definition) is 0. The van der Waals surface area contributed by atoms with Crippen molar-refractivity contribution in [3.8, 4) is 5.75 Å². The minimum absolute atomic E-state index is 0.179. The highest BCUT2D eigenvalue weighted by atomic mass is 16.6. The zero-order chi connectivity index (χ0) is 17.0. The van der Waals surface area contributed by atoms with Crippen LogP contribution in [0.25, 0.3) is 0 Å². The maximum atomic E-state index is 12.1. The lowest BCUT2D eigenvalue weighted by atomic mass is 10.2. The Balaban J connectivity index is 1.88. The third kappa shape index (κ3) is 5.34. The van der Waals surface area contributed by atoms with Crippen LogP contribution in [0, 0.1) is 0 Å². The Morgan fingerprint density at radius 3 is 2.09 bits per heavy atom. The normalized spacial score (nSPS) is 15.7. The highest BCUT2D eigenvalue weighted by Crippen LogP contribution is 2.22. The first-order valence-corrected chi connectivity index (χ1v) is 8.24. The first kappa shape index (κ1) is 17.4. The lowest BCUT2D eigenvalue weighted by Gasteiger charge is -2.36. The zero-order valence-electron chi connectivity index (χ0n) is 14.8. The summed E-state index contributed by atoms with van der Waals surface area (Å²) >= 11 is 0. The number of ether oxygens (including phenoxy) is 2. The molecule has 0 spiro atoms. The Kier molecular flexibility index (Phi) is 5.39. The average Bonchev–Trinajstić information content (AvgIpc) is 2.46. The van der Waals surface area contributed by atoms with Crippen molar-refractivity contribution in [1.29, 1.82) is 0 Å². The van der Waals surface area contributed by atoms with Crippen molar-refractivity contribution >= 4 is 11.8 Å². The van der Waals surface area contributed by atoms with Gasteiger partial charge >= 0.3 is 6.09 Å². The molecule has 1 aromatic rings. The molecule has 2 rings (SSSR count). The zero-order valence-corrected chi connectivity index (χ0v) is 14.8. The number of anilines is 1. The van der Waals surface area contributed by atoms with Gasteiger partial charge in [0.15, 0.2) is 0 Å². The van der Waals surface area contributed by atoms with Crippen LogP contribution >= 0.6 is 0 Å². The van der Waals surface area contributed by atoms with Crippen LogP contribution in [0.3, 0.4) is 0 Å². The molecule has 1 aliphatic rings. The minimum Gasteiger partial charge on any atom is -0.491 e. The number of carbonyl (C=O) groups excluding carboxylic acids is 1. The standard InChI is InChI=1S/C18H28N2O3/c1-14(2)22-16-8-6-15(7-9-16)19-10-12-20(13-11-19)17(21)23-18(3,4)5/h6-9,14H,10-13H2,1-5H3. The van der Waals surface area contributed by atoms with Crippen LogP contribution in [0.2, 0.25) is 0 Å². The maximum Gasteiger partial charge on any atom is 0.410 e. The fraction of sp³-hybridized carbons (Fsp3) is 0.611. The van der Waals surface area contributed by atoms with Gasteiger partial charge in [-0.25, -0.2) is 4.79 Å². The molecular formula is C18H28N2O3. The van der Waals surface area contributed by atoms with Crippen LogP contribution in [0.15, 0.2) is 24.3 Å². The molecule has 0 unspecified atom stereocenters. The lowest BCUT2D eigenvalue weighted by molar-refractivity contribution is 0.0240. The van der Waals surface area contributed by atoms with E-state index in [1.54, 1.807) is 4.90 Å². The Morgan fingerprint density at radius 2 is 1.61 bits per heavy atom. The number of piperazine rings is 1. The van der Waals surface area contributed by atoms with E-state index in [1.165, 1.54) is 0 Å². The lowest BCUT2D eigenvalue weighted by Crippen LogP contribution is -2.50. The summed E-state index contributed by atoms with van der Waals surface area (Å²) in [6, 6.07) is 8.13. The summed E-state index contributed by atoms with van der Waals surface area (Å²) in [4.78, 5) is 16.1. The van der Waals surface area contributed by atoms with Crippen LogP contribution in [0.4, 0.5) is 10.5 Å². The van der Waals surface area contributed by atoms with Gasteiger partial charge in [0, 0.05) is 31.9 Å². The molecule has 1 fully saturated rings. The van der Waals surface area contributed by atoms with Crippen LogP contribution < -0.4 is 9.64 Å². The molecule has 0 bridgehead atoms. The Morgan fingerprint density at radius 1 is 1.04 bits per heavy atom. The Bertz CT molecular complexity index is 512. The molecule has 1 aliphatic heterocycles. The van der Waals surface area contributed by atoms with E-state index in [1.807, 2.05) is 46.8 Å². The summed E-state index contributed by atoms with van der Waals surface area (Å²) < 4.78 is 11.1. The van der Waals surface area contributed by atoms with Gasteiger partial charge in [0.2, 0.25) is 0 Å². The van der Waals surface area contributed by atoms with Gasteiger partial charge in [0.05, 0.1) is 6.10 Å². The molecule has 23 heavy (non-hydrogen) atoms. The van der Waals surface area contributed by atoms with Crippen molar-refractivity contribution < 1.29 is 14.3 Å². The van der Waals surface area contributed by atoms with Gasteiger partial charge in [-0.2, -0.15) is 0 Å². The van der Waals surface area contributed by atoms with Crippen LogP contribution in [0.5, 0.6) is 5.75 Å². The molecule has 1 aromatic carbocycles. The predicted molar refractivity (Wildman–Crippen MR) is 92.2 cm³/mol. The number of nitrogens with zero attached hydrogens (tertiary/aromatic N) is 2. The molecule has 5 nitrogen and oxygen atoms in total. The number of carbonyl (C=O) groups is 1. The van der Waals surface area contributed by atoms with Crippen molar-refractivity contribution in [1.82, 2.24) is 4.90 Å². The number of benzene rings is 1. The highest BCUT2D eigenvalue weighted by Gasteiger charge is 2.25. The molecule has 1 heterocycles. The predicted octanol–water partition coefficient (Wildman–Crippen LogP) is 3.53. The number of hydrogen-bond acceptors (Lipinski definition) is 4. The van der Waals surface area contributed by atoms with Gasteiger partial charge < -0.3 is 19.3 Å². The summed E-state index contributed by atoms with van der Waals surface area (Å²) in [5.74, 6) is 0.885. The van der Waals surface area contributed by atoms with Crippen LogP contribution in [-0.2, 0) is 4.74 Å². The third-order valence-electron chi connectivity index (χ3n) is 3.51. The summed E-state index contributed by atoms with van der Waals surface area (Å²) in [5, 5.41) is 0. The maximum absolute atomic E-state index is 12.1. The second kappa shape index (κ2) is 7.11. The molecule has 5 heteroatoms. The van der Waals surface area contributed by atoms with E-state index in [4.69, 9.17) is 9.47 Å².